The van der Waals surface area contributed by atoms with Crippen LogP contribution in [0, 0.1) is 5.82 Å². The second kappa shape index (κ2) is 6.86. The third-order valence-corrected chi connectivity index (χ3v) is 3.70. The number of hydrogen-bond donors (Lipinski definition) is 1. The summed E-state index contributed by atoms with van der Waals surface area (Å²) in [7, 11) is 2.03. The van der Waals surface area contributed by atoms with Crippen LogP contribution in [-0.4, -0.2) is 18.5 Å². The van der Waals surface area contributed by atoms with E-state index < -0.39 is 0 Å². The summed E-state index contributed by atoms with van der Waals surface area (Å²) >= 11 is 3.37. The van der Waals surface area contributed by atoms with Gasteiger partial charge in [-0.1, -0.05) is 28.1 Å². The Morgan fingerprint density at radius 3 is 2.55 bits per heavy atom. The molecule has 2 N–H and O–H groups in total. The van der Waals surface area contributed by atoms with Crippen molar-refractivity contribution in [3.8, 4) is 0 Å². The highest BCUT2D eigenvalue weighted by Crippen LogP contribution is 2.16. The van der Waals surface area contributed by atoms with Crippen molar-refractivity contribution < 1.29 is 4.39 Å². The van der Waals surface area contributed by atoms with Gasteiger partial charge in [-0.15, -0.1) is 0 Å². The van der Waals surface area contributed by atoms with Crippen molar-refractivity contribution in [3.05, 3.63) is 63.9 Å². The lowest BCUT2D eigenvalue weighted by Crippen LogP contribution is -2.21. The second-order valence-electron chi connectivity index (χ2n) is 4.97. The van der Waals surface area contributed by atoms with Crippen LogP contribution in [0.1, 0.15) is 11.1 Å². The van der Waals surface area contributed by atoms with Gasteiger partial charge in [0.1, 0.15) is 5.82 Å². The number of rotatable bonds is 5. The largest absolute Gasteiger partial charge is 0.399 e. The van der Waals surface area contributed by atoms with Crippen LogP contribution in [0.25, 0.3) is 0 Å². The summed E-state index contributed by atoms with van der Waals surface area (Å²) in [5.41, 5.74) is 8.38. The van der Waals surface area contributed by atoms with Crippen molar-refractivity contribution in [1.29, 1.82) is 0 Å². The van der Waals surface area contributed by atoms with Gasteiger partial charge in [0.05, 0.1) is 0 Å². The lowest BCUT2D eigenvalue weighted by molar-refractivity contribution is 0.329. The van der Waals surface area contributed by atoms with Crippen LogP contribution in [0.15, 0.2) is 46.9 Å². The summed E-state index contributed by atoms with van der Waals surface area (Å²) in [5, 5.41) is 0. The summed E-state index contributed by atoms with van der Waals surface area (Å²) in [4.78, 5) is 2.17. The third kappa shape index (κ3) is 4.32. The van der Waals surface area contributed by atoms with Gasteiger partial charge in [-0.05, 0) is 54.9 Å². The maximum absolute atomic E-state index is 13.6. The Balaban J connectivity index is 1.90. The van der Waals surface area contributed by atoms with Crippen molar-refractivity contribution in [3.63, 3.8) is 0 Å². The average Bonchev–Trinajstić information content (AvgIpc) is 2.42. The maximum atomic E-state index is 13.6. The van der Waals surface area contributed by atoms with Gasteiger partial charge in [0.2, 0.25) is 0 Å². The summed E-state index contributed by atoms with van der Waals surface area (Å²) in [6.45, 7) is 1.63. The molecule has 0 saturated heterocycles. The highest BCUT2D eigenvalue weighted by atomic mass is 79.9. The zero-order valence-electron chi connectivity index (χ0n) is 11.4. The molecule has 0 spiro atoms. The SMILES string of the molecule is CN(CCc1cc(Br)ccc1F)Cc1ccc(N)cc1. The molecule has 0 atom stereocenters. The molecule has 0 aliphatic carbocycles. The van der Waals surface area contributed by atoms with Crippen molar-refractivity contribution in [2.24, 2.45) is 0 Å². The summed E-state index contributed by atoms with van der Waals surface area (Å²) in [6, 6.07) is 12.9. The number of benzene rings is 2. The van der Waals surface area contributed by atoms with Gasteiger partial charge in [-0.25, -0.2) is 4.39 Å². The van der Waals surface area contributed by atoms with Crippen LogP contribution < -0.4 is 5.73 Å². The van der Waals surface area contributed by atoms with Crippen LogP contribution >= 0.6 is 15.9 Å². The van der Waals surface area contributed by atoms with Gasteiger partial charge in [-0.3, -0.25) is 0 Å². The van der Waals surface area contributed by atoms with Gasteiger partial charge in [0.15, 0.2) is 0 Å². The first-order valence-electron chi connectivity index (χ1n) is 6.51. The van der Waals surface area contributed by atoms with Gasteiger partial charge in [0, 0.05) is 23.2 Å². The summed E-state index contributed by atoms with van der Waals surface area (Å²) < 4.78 is 14.6. The minimum Gasteiger partial charge on any atom is -0.399 e. The maximum Gasteiger partial charge on any atom is 0.126 e. The number of halogens is 2. The van der Waals surface area contributed by atoms with Crippen LogP contribution in [0.2, 0.25) is 0 Å². The Labute approximate surface area is 127 Å². The van der Waals surface area contributed by atoms with E-state index in [1.54, 1.807) is 6.07 Å². The monoisotopic (exact) mass is 336 g/mol. The molecule has 4 heteroatoms. The smallest absolute Gasteiger partial charge is 0.126 e. The van der Waals surface area contributed by atoms with E-state index in [0.717, 1.165) is 28.8 Å². The van der Waals surface area contributed by atoms with Crippen molar-refractivity contribution in [1.82, 2.24) is 4.90 Å². The Bertz CT molecular complexity index is 569. The molecule has 2 rings (SSSR count). The molecule has 2 nitrogen and oxygen atoms in total. The fraction of sp³-hybridized carbons (Fsp3) is 0.250. The predicted molar refractivity (Wildman–Crippen MR) is 85.0 cm³/mol. The summed E-state index contributed by atoms with van der Waals surface area (Å²) in [6.07, 6.45) is 0.691. The van der Waals surface area contributed by atoms with Crippen LogP contribution in [0.5, 0.6) is 0 Å². The fourth-order valence-electron chi connectivity index (χ4n) is 2.06. The molecule has 2 aromatic rings. The number of nitrogens with zero attached hydrogens (tertiary/aromatic N) is 1. The molecule has 0 aromatic heterocycles. The molecular weight excluding hydrogens is 319 g/mol. The normalized spacial score (nSPS) is 11.0. The predicted octanol–water partition coefficient (Wildman–Crippen LogP) is 3.84. The molecule has 0 fully saturated rings. The third-order valence-electron chi connectivity index (χ3n) is 3.20. The Kier molecular flexibility index (Phi) is 5.15. The zero-order chi connectivity index (χ0) is 14.5. The van der Waals surface area contributed by atoms with E-state index in [1.165, 1.54) is 11.6 Å². The van der Waals surface area contributed by atoms with E-state index in [9.17, 15) is 4.39 Å². The van der Waals surface area contributed by atoms with E-state index in [4.69, 9.17) is 5.73 Å². The second-order valence-corrected chi connectivity index (χ2v) is 5.88. The first-order chi connectivity index (χ1) is 9.54. The molecule has 0 bridgehead atoms. The number of anilines is 1. The molecule has 106 valence electrons. The van der Waals surface area contributed by atoms with Crippen molar-refractivity contribution >= 4 is 21.6 Å². The van der Waals surface area contributed by atoms with E-state index in [2.05, 4.69) is 20.8 Å². The standard InChI is InChI=1S/C16H18BrFN2/c1-20(11-12-2-5-15(19)6-3-12)9-8-13-10-14(17)4-7-16(13)18/h2-7,10H,8-9,11,19H2,1H3. The van der Waals surface area contributed by atoms with Crippen LogP contribution in [-0.2, 0) is 13.0 Å². The molecule has 2 aromatic carbocycles. The van der Waals surface area contributed by atoms with E-state index in [1.807, 2.05) is 37.4 Å². The molecule has 0 aliphatic heterocycles. The van der Waals surface area contributed by atoms with Crippen molar-refractivity contribution in [2.75, 3.05) is 19.3 Å². The fourth-order valence-corrected chi connectivity index (χ4v) is 2.47. The Morgan fingerprint density at radius 1 is 1.15 bits per heavy atom. The number of nitrogen functional groups attached to an aromatic ring is 1. The average molecular weight is 337 g/mol. The van der Waals surface area contributed by atoms with Gasteiger partial charge < -0.3 is 10.6 Å². The summed E-state index contributed by atoms with van der Waals surface area (Å²) in [5.74, 6) is -0.144. The quantitative estimate of drug-likeness (QED) is 0.840. The van der Waals surface area contributed by atoms with E-state index >= 15 is 0 Å². The molecule has 20 heavy (non-hydrogen) atoms. The Hall–Kier alpha value is -1.39. The van der Waals surface area contributed by atoms with Crippen LogP contribution in [0.3, 0.4) is 0 Å². The number of hydrogen-bond acceptors (Lipinski definition) is 2. The van der Waals surface area contributed by atoms with Gasteiger partial charge in [0.25, 0.3) is 0 Å². The first-order valence-corrected chi connectivity index (χ1v) is 7.31. The van der Waals surface area contributed by atoms with Gasteiger partial charge >= 0.3 is 0 Å². The number of likely N-dealkylation sites (N-methyl/N-ethyl adjacent to an activating group) is 1. The molecule has 0 heterocycles. The van der Waals surface area contributed by atoms with Crippen LogP contribution in [0.4, 0.5) is 10.1 Å². The molecule has 0 saturated carbocycles. The van der Waals surface area contributed by atoms with Crippen molar-refractivity contribution in [2.45, 2.75) is 13.0 Å². The lowest BCUT2D eigenvalue weighted by atomic mass is 10.1. The van der Waals surface area contributed by atoms with E-state index in [-0.39, 0.29) is 5.82 Å². The molecular formula is C16H18BrFN2. The molecule has 0 radical (unpaired) electrons. The van der Waals surface area contributed by atoms with Gasteiger partial charge in [-0.2, -0.15) is 0 Å². The highest BCUT2D eigenvalue weighted by Gasteiger charge is 2.05. The molecule has 0 unspecified atom stereocenters. The molecule has 0 amide bonds. The minimum atomic E-state index is -0.144. The Morgan fingerprint density at radius 2 is 1.85 bits per heavy atom. The first kappa shape index (κ1) is 15.0. The molecule has 0 aliphatic rings. The van der Waals surface area contributed by atoms with E-state index in [0.29, 0.717) is 6.42 Å². The topological polar surface area (TPSA) is 29.3 Å². The zero-order valence-corrected chi connectivity index (χ0v) is 13.0. The number of nitrogens with two attached hydrogens (primary N) is 1. The lowest BCUT2D eigenvalue weighted by Gasteiger charge is -2.17. The minimum absolute atomic E-state index is 0.144. The highest BCUT2D eigenvalue weighted by molar-refractivity contribution is 9.10.